The second-order valence-electron chi connectivity index (χ2n) is 8.74. The molecule has 0 radical (unpaired) electrons. The summed E-state index contributed by atoms with van der Waals surface area (Å²) in [6.45, 7) is 2.28. The average molecular weight is 481 g/mol. The van der Waals surface area contributed by atoms with E-state index in [2.05, 4.69) is 20.6 Å². The average Bonchev–Trinajstić information content (AvgIpc) is 3.30. The Balaban J connectivity index is 1.47. The lowest BCUT2D eigenvalue weighted by molar-refractivity contribution is -0.105. The molecule has 0 atom stereocenters. The van der Waals surface area contributed by atoms with Gasteiger partial charge >= 0.3 is 6.18 Å². The summed E-state index contributed by atoms with van der Waals surface area (Å²) in [5.41, 5.74) is 1.60. The Labute approximate surface area is 192 Å². The molecule has 5 rings (SSSR count). The van der Waals surface area contributed by atoms with Gasteiger partial charge in [-0.05, 0) is 44.2 Å². The fourth-order valence-electron chi connectivity index (χ4n) is 4.98. The van der Waals surface area contributed by atoms with Crippen LogP contribution in [0.4, 0.5) is 24.7 Å². The van der Waals surface area contributed by atoms with Crippen LogP contribution in [0.25, 0.3) is 0 Å². The van der Waals surface area contributed by atoms with E-state index in [0.29, 0.717) is 53.1 Å². The van der Waals surface area contributed by atoms with E-state index in [1.165, 1.54) is 6.33 Å². The van der Waals surface area contributed by atoms with Crippen LogP contribution in [-0.4, -0.2) is 36.7 Å². The molecule has 1 spiro atoms. The number of aryl methyl sites for hydroxylation is 1. The molecule has 33 heavy (non-hydrogen) atoms. The summed E-state index contributed by atoms with van der Waals surface area (Å²) in [6.07, 6.45) is 1.38. The van der Waals surface area contributed by atoms with Gasteiger partial charge in [0.2, 0.25) is 0 Å². The maximum Gasteiger partial charge on any atom is 0.399 e. The van der Waals surface area contributed by atoms with Crippen molar-refractivity contribution in [2.45, 2.75) is 64.0 Å². The largest absolute Gasteiger partial charge is 0.399 e. The molecule has 0 aromatic carbocycles. The number of aromatic nitrogens is 3. The first-order valence-corrected chi connectivity index (χ1v) is 11.8. The number of alkyl halides is 3. The third kappa shape index (κ3) is 3.99. The molecule has 0 bridgehead atoms. The predicted octanol–water partition coefficient (Wildman–Crippen LogP) is 3.58. The van der Waals surface area contributed by atoms with Crippen molar-refractivity contribution in [1.82, 2.24) is 24.2 Å². The van der Waals surface area contributed by atoms with Crippen LogP contribution in [0.2, 0.25) is 0 Å². The van der Waals surface area contributed by atoms with Crippen molar-refractivity contribution >= 4 is 29.4 Å². The monoisotopic (exact) mass is 480 g/mol. The molecular formula is C21H23F3N6O2S. The summed E-state index contributed by atoms with van der Waals surface area (Å²) < 4.78 is 41.0. The van der Waals surface area contributed by atoms with Gasteiger partial charge < -0.3 is 10.6 Å². The van der Waals surface area contributed by atoms with Crippen LogP contribution in [-0.2, 0) is 18.8 Å². The zero-order chi connectivity index (χ0) is 23.4. The smallest absolute Gasteiger partial charge is 0.335 e. The number of amides is 1. The molecule has 4 heterocycles. The van der Waals surface area contributed by atoms with E-state index in [4.69, 9.17) is 0 Å². The number of hydrogen-bond acceptors (Lipinski definition) is 7. The van der Waals surface area contributed by atoms with Gasteiger partial charge in [-0.15, -0.1) is 0 Å². The van der Waals surface area contributed by atoms with E-state index in [-0.39, 0.29) is 30.2 Å². The topological polar surface area (TPSA) is 92.2 Å². The van der Waals surface area contributed by atoms with Crippen LogP contribution in [0.1, 0.15) is 59.4 Å². The van der Waals surface area contributed by atoms with Gasteiger partial charge in [0.05, 0.1) is 12.2 Å². The van der Waals surface area contributed by atoms with Crippen LogP contribution >= 0.6 is 11.9 Å². The summed E-state index contributed by atoms with van der Waals surface area (Å²) in [7, 11) is 0. The maximum atomic E-state index is 13.5. The fourth-order valence-corrected chi connectivity index (χ4v) is 5.74. The minimum Gasteiger partial charge on any atom is -0.335 e. The Morgan fingerprint density at radius 3 is 2.67 bits per heavy atom. The Morgan fingerprint density at radius 1 is 1.18 bits per heavy atom. The summed E-state index contributed by atoms with van der Waals surface area (Å²) in [4.78, 5) is 34.7. The number of carbonyl (C=O) groups excluding carboxylic acids is 1. The Hall–Kier alpha value is -2.60. The second-order valence-corrected chi connectivity index (χ2v) is 9.80. The number of nitrogens with one attached hydrogen (secondary N) is 2. The molecule has 0 unspecified atom stereocenters. The molecule has 0 saturated heterocycles. The van der Waals surface area contributed by atoms with E-state index in [0.717, 1.165) is 19.3 Å². The zero-order valence-electron chi connectivity index (χ0n) is 18.0. The fraction of sp³-hybridized carbons (Fsp3) is 0.524. The minimum absolute atomic E-state index is 0.231. The van der Waals surface area contributed by atoms with E-state index in [1.54, 1.807) is 21.9 Å². The van der Waals surface area contributed by atoms with Crippen LogP contribution < -0.4 is 16.2 Å². The highest BCUT2D eigenvalue weighted by molar-refractivity contribution is 7.97. The molecule has 2 aromatic rings. The van der Waals surface area contributed by atoms with Gasteiger partial charge in [0.1, 0.15) is 34.9 Å². The lowest BCUT2D eigenvalue weighted by atomic mass is 9.89. The van der Waals surface area contributed by atoms with E-state index in [9.17, 15) is 22.8 Å². The van der Waals surface area contributed by atoms with Gasteiger partial charge in [0.25, 0.3) is 11.5 Å². The lowest BCUT2D eigenvalue weighted by Crippen LogP contribution is -2.48. The van der Waals surface area contributed by atoms with Crippen molar-refractivity contribution in [3.63, 3.8) is 0 Å². The molecule has 1 amide bonds. The summed E-state index contributed by atoms with van der Waals surface area (Å²) >= 11 is 0.700. The number of pyridine rings is 1. The van der Waals surface area contributed by atoms with E-state index < -0.39 is 17.6 Å². The predicted molar refractivity (Wildman–Crippen MR) is 117 cm³/mol. The highest BCUT2D eigenvalue weighted by Gasteiger charge is 2.45. The summed E-state index contributed by atoms with van der Waals surface area (Å²) in [5.74, 6) is -0.827. The first-order chi connectivity index (χ1) is 15.7. The summed E-state index contributed by atoms with van der Waals surface area (Å²) in [5, 5.41) is 6.14. The van der Waals surface area contributed by atoms with E-state index in [1.807, 2.05) is 0 Å². The molecule has 1 saturated carbocycles. The van der Waals surface area contributed by atoms with Crippen molar-refractivity contribution in [2.75, 3.05) is 11.1 Å². The number of nitrogens with zero attached hydrogens (tertiary/aromatic N) is 4. The highest BCUT2D eigenvalue weighted by Crippen LogP contribution is 2.38. The van der Waals surface area contributed by atoms with Gasteiger partial charge in [-0.25, -0.2) is 14.3 Å². The Kier molecular flexibility index (Phi) is 5.39. The molecule has 176 valence electrons. The quantitative estimate of drug-likeness (QED) is 0.647. The molecule has 2 aromatic heterocycles. The minimum atomic E-state index is -4.26. The third-order valence-electron chi connectivity index (χ3n) is 6.42. The summed E-state index contributed by atoms with van der Waals surface area (Å²) in [6, 6.07) is 1.63. The normalized spacial score (nSPS) is 19.5. The van der Waals surface area contributed by atoms with Crippen LogP contribution in [0, 0.1) is 6.92 Å². The van der Waals surface area contributed by atoms with Crippen molar-refractivity contribution in [1.29, 1.82) is 0 Å². The number of halogens is 3. The maximum absolute atomic E-state index is 13.5. The van der Waals surface area contributed by atoms with Crippen molar-refractivity contribution in [3.8, 4) is 0 Å². The second kappa shape index (κ2) is 8.01. The highest BCUT2D eigenvalue weighted by atomic mass is 32.2. The molecule has 12 heteroatoms. The Bertz CT molecular complexity index is 1180. The zero-order valence-corrected chi connectivity index (χ0v) is 18.8. The lowest BCUT2D eigenvalue weighted by Gasteiger charge is -2.35. The van der Waals surface area contributed by atoms with Crippen molar-refractivity contribution in [3.05, 3.63) is 45.3 Å². The molecule has 1 aliphatic carbocycles. The first-order valence-electron chi connectivity index (χ1n) is 10.8. The number of anilines is 2. The number of hydrogen-bond donors (Lipinski definition) is 2. The number of rotatable bonds is 4. The van der Waals surface area contributed by atoms with Gasteiger partial charge in [-0.3, -0.25) is 14.2 Å². The molecule has 3 aliphatic rings. The van der Waals surface area contributed by atoms with Gasteiger partial charge in [-0.2, -0.15) is 13.2 Å². The molecular weight excluding hydrogens is 457 g/mol. The van der Waals surface area contributed by atoms with Crippen molar-refractivity contribution < 1.29 is 18.0 Å². The standard InChI is InChI=1S/C21H23F3N6O2S/c1-12-7-14(19(32)30-16(12)18(31)28-20(30)5-3-2-4-6-20)27-17-13-8-29(33-10-21(22,23)24)9-15(13)25-11-26-17/h7,11H,2-6,8-10H2,1H3,(H,28,31)(H,25,26,27). The van der Waals surface area contributed by atoms with Gasteiger partial charge in [0.15, 0.2) is 0 Å². The molecule has 1 fully saturated rings. The first kappa shape index (κ1) is 22.2. The van der Waals surface area contributed by atoms with Crippen LogP contribution in [0.15, 0.2) is 17.2 Å². The Morgan fingerprint density at radius 2 is 1.94 bits per heavy atom. The number of carbonyl (C=O) groups is 1. The third-order valence-corrected chi connectivity index (χ3v) is 7.50. The van der Waals surface area contributed by atoms with E-state index >= 15 is 0 Å². The van der Waals surface area contributed by atoms with Crippen LogP contribution in [0.3, 0.4) is 0 Å². The number of fused-ring (bicyclic) bond motifs is 3. The molecule has 2 N–H and O–H groups in total. The SMILES string of the molecule is Cc1cc(Nc2ncnc3c2CN(SCC(F)(F)F)C3)c(=O)n2c1C(=O)NC21CCCCC1. The molecule has 2 aliphatic heterocycles. The van der Waals surface area contributed by atoms with Crippen LogP contribution in [0.5, 0.6) is 0 Å². The van der Waals surface area contributed by atoms with Gasteiger partial charge in [0, 0.05) is 12.1 Å². The molecule has 8 nitrogen and oxygen atoms in total. The van der Waals surface area contributed by atoms with Gasteiger partial charge in [-0.1, -0.05) is 18.4 Å². The van der Waals surface area contributed by atoms with Crippen molar-refractivity contribution in [2.24, 2.45) is 0 Å².